The van der Waals surface area contributed by atoms with Gasteiger partial charge in [-0.1, -0.05) is 78.9 Å². The third-order valence-corrected chi connectivity index (χ3v) is 9.70. The normalized spacial score (nSPS) is 13.6. The minimum absolute atomic E-state index is 0.0873. The van der Waals surface area contributed by atoms with E-state index in [9.17, 15) is 27.6 Å². The maximum atomic E-state index is 14.6. The van der Waals surface area contributed by atoms with Crippen molar-refractivity contribution in [3.63, 3.8) is 0 Å². The quantitative estimate of drug-likeness (QED) is 0.113. The summed E-state index contributed by atoms with van der Waals surface area (Å²) in [7, 11) is 1.68. The Bertz CT molecular complexity index is 2120. The molecule has 4 aromatic carbocycles. The largest absolute Gasteiger partial charge is 0.433 e. The van der Waals surface area contributed by atoms with Gasteiger partial charge in [0.1, 0.15) is 11.7 Å². The molecule has 0 unspecified atom stereocenters. The van der Waals surface area contributed by atoms with Crippen molar-refractivity contribution in [2.45, 2.75) is 38.7 Å². The van der Waals surface area contributed by atoms with Crippen LogP contribution in [0.1, 0.15) is 34.9 Å². The second-order valence-electron chi connectivity index (χ2n) is 13.8. The first kappa shape index (κ1) is 40.4. The maximum Gasteiger partial charge on any atom is 0.433 e. The number of amides is 3. The van der Waals surface area contributed by atoms with Gasteiger partial charge in [-0.2, -0.15) is 13.2 Å². The van der Waals surface area contributed by atoms with E-state index in [2.05, 4.69) is 9.88 Å². The van der Waals surface area contributed by atoms with Gasteiger partial charge in [-0.3, -0.25) is 24.3 Å². The number of benzene rings is 4. The van der Waals surface area contributed by atoms with Crippen LogP contribution in [0.25, 0.3) is 6.08 Å². The van der Waals surface area contributed by atoms with Gasteiger partial charge in [0.15, 0.2) is 0 Å². The fourth-order valence-corrected chi connectivity index (χ4v) is 6.72. The number of ether oxygens (including phenoxy) is 1. The van der Waals surface area contributed by atoms with E-state index >= 15 is 0 Å². The second kappa shape index (κ2) is 18.6. The lowest BCUT2D eigenvalue weighted by Gasteiger charge is -2.34. The van der Waals surface area contributed by atoms with Gasteiger partial charge in [-0.25, -0.2) is 0 Å². The molecule has 0 N–H and O–H groups in total. The van der Waals surface area contributed by atoms with Crippen LogP contribution in [0.5, 0.6) is 0 Å². The molecule has 6 rings (SSSR count). The summed E-state index contributed by atoms with van der Waals surface area (Å²) in [6.07, 6.45) is -0.658. The highest BCUT2D eigenvalue weighted by Crippen LogP contribution is 2.28. The van der Waals surface area contributed by atoms with Crippen molar-refractivity contribution in [2.75, 3.05) is 43.2 Å². The molecule has 1 aliphatic rings. The summed E-state index contributed by atoms with van der Waals surface area (Å²) in [5.74, 6) is -0.945. The van der Waals surface area contributed by atoms with Gasteiger partial charge < -0.3 is 19.4 Å². The van der Waals surface area contributed by atoms with Gasteiger partial charge in [0.2, 0.25) is 17.7 Å². The molecule has 1 aliphatic heterocycles. The molecule has 0 radical (unpaired) electrons. The Balaban J connectivity index is 1.29. The number of nitrogens with zero attached hydrogens (tertiary/aromatic N) is 5. The van der Waals surface area contributed by atoms with Gasteiger partial charge in [-0.15, -0.1) is 0 Å². The van der Waals surface area contributed by atoms with E-state index in [1.54, 1.807) is 16.8 Å². The molecular formula is C45H44F3N5O4. The van der Waals surface area contributed by atoms with Crippen LogP contribution < -0.4 is 9.80 Å². The van der Waals surface area contributed by atoms with Gasteiger partial charge in [-0.05, 0) is 70.8 Å². The smallest absolute Gasteiger partial charge is 0.378 e. The summed E-state index contributed by atoms with van der Waals surface area (Å²) in [5.41, 5.74) is 4.15. The number of aromatic nitrogens is 1. The summed E-state index contributed by atoms with van der Waals surface area (Å²) in [5, 5.41) is 0. The molecule has 0 bridgehead atoms. The minimum atomic E-state index is -4.59. The van der Waals surface area contributed by atoms with Crippen molar-refractivity contribution in [1.29, 1.82) is 0 Å². The first-order chi connectivity index (χ1) is 27.5. The maximum absolute atomic E-state index is 14.6. The first-order valence-corrected chi connectivity index (χ1v) is 18.6. The third-order valence-electron chi connectivity index (χ3n) is 9.70. The fourth-order valence-electron chi connectivity index (χ4n) is 6.72. The minimum Gasteiger partial charge on any atom is -0.378 e. The van der Waals surface area contributed by atoms with Crippen LogP contribution in [0.3, 0.4) is 0 Å². The zero-order valence-electron chi connectivity index (χ0n) is 31.8. The third kappa shape index (κ3) is 10.7. The Hall–Kier alpha value is -6.27. The SMILES string of the molecule is CC(=O)N(c1ccccc1)c1ccc(CN(C)C(=O)[C@H](Cc2ccccc2)N(Cc2ccc(N3CCOCC3)cc2)C(=O)C=Cc2ccc(C(F)(F)F)nc2)cc1. The molecule has 1 aromatic heterocycles. The van der Waals surface area contributed by atoms with Crippen molar-refractivity contribution in [3.8, 4) is 0 Å². The number of rotatable bonds is 13. The fraction of sp³-hybridized carbons (Fsp3) is 0.244. The highest BCUT2D eigenvalue weighted by molar-refractivity contribution is 5.99. The number of halogens is 3. The predicted molar refractivity (Wildman–Crippen MR) is 214 cm³/mol. The molecule has 1 saturated heterocycles. The zero-order valence-corrected chi connectivity index (χ0v) is 31.8. The van der Waals surface area contributed by atoms with Crippen LogP contribution in [0.2, 0.25) is 0 Å². The highest BCUT2D eigenvalue weighted by Gasteiger charge is 2.33. The van der Waals surface area contributed by atoms with Gasteiger partial charge in [0.25, 0.3) is 0 Å². The average Bonchev–Trinajstić information content (AvgIpc) is 3.22. The van der Waals surface area contributed by atoms with Crippen molar-refractivity contribution < 1.29 is 32.3 Å². The summed E-state index contributed by atoms with van der Waals surface area (Å²) in [4.78, 5) is 51.9. The summed E-state index contributed by atoms with van der Waals surface area (Å²) in [6, 6.07) is 35.1. The molecule has 5 aromatic rings. The molecule has 0 aliphatic carbocycles. The summed E-state index contributed by atoms with van der Waals surface area (Å²) in [6.45, 7) is 4.60. The molecule has 1 atom stereocenters. The Labute approximate surface area is 330 Å². The molecule has 9 nitrogen and oxygen atoms in total. The van der Waals surface area contributed by atoms with E-state index in [4.69, 9.17) is 4.74 Å². The Morgan fingerprint density at radius 3 is 1.96 bits per heavy atom. The molecule has 1 fully saturated rings. The topological polar surface area (TPSA) is 86.3 Å². The van der Waals surface area contributed by atoms with Crippen molar-refractivity contribution in [2.24, 2.45) is 0 Å². The number of hydrogen-bond donors (Lipinski definition) is 0. The molecule has 0 saturated carbocycles. The number of likely N-dealkylation sites (N-methyl/N-ethyl adjacent to an activating group) is 1. The van der Waals surface area contributed by atoms with Gasteiger partial charge in [0.05, 0.1) is 13.2 Å². The van der Waals surface area contributed by atoms with Gasteiger partial charge in [0, 0.05) is 75.9 Å². The molecule has 0 spiro atoms. The van der Waals surface area contributed by atoms with Gasteiger partial charge >= 0.3 is 6.18 Å². The Kier molecular flexibility index (Phi) is 13.2. The van der Waals surface area contributed by atoms with Crippen LogP contribution in [0.15, 0.2) is 134 Å². The zero-order chi connectivity index (χ0) is 40.4. The summed E-state index contributed by atoms with van der Waals surface area (Å²) >= 11 is 0. The van der Waals surface area contributed by atoms with Crippen LogP contribution in [-0.4, -0.2) is 71.9 Å². The lowest BCUT2D eigenvalue weighted by molar-refractivity contribution is -0.143. The molecule has 57 heavy (non-hydrogen) atoms. The Morgan fingerprint density at radius 2 is 1.37 bits per heavy atom. The first-order valence-electron chi connectivity index (χ1n) is 18.6. The lowest BCUT2D eigenvalue weighted by Crippen LogP contribution is -2.50. The standard InChI is InChI=1S/C45H44F3N5O4/c1-33(54)53(39-11-7-4-8-12-39)40-21-15-36(16-22-40)31-50(2)44(56)41(29-34-9-5-3-6-10-34)52(32-37-13-19-38(20-14-37)51-25-27-57-28-26-51)43(55)24-18-35-17-23-42(49-30-35)45(46,47)48/h3-24,30,41H,25-29,31-32H2,1-2H3/t41-/m0/s1. The number of hydrogen-bond acceptors (Lipinski definition) is 6. The molecule has 2 heterocycles. The summed E-state index contributed by atoms with van der Waals surface area (Å²) < 4.78 is 45.0. The molecule has 3 amide bonds. The van der Waals surface area contributed by atoms with E-state index in [-0.39, 0.29) is 31.3 Å². The number of carbonyl (C=O) groups excluding carboxylic acids is 3. The van der Waals surface area contributed by atoms with Crippen molar-refractivity contribution >= 4 is 40.9 Å². The predicted octanol–water partition coefficient (Wildman–Crippen LogP) is 7.93. The number of anilines is 3. The van der Waals surface area contributed by atoms with E-state index in [1.165, 1.54) is 30.0 Å². The number of pyridine rings is 1. The lowest BCUT2D eigenvalue weighted by atomic mass is 10.0. The van der Waals surface area contributed by atoms with Crippen molar-refractivity contribution in [1.82, 2.24) is 14.8 Å². The second-order valence-corrected chi connectivity index (χ2v) is 13.8. The number of para-hydroxylation sites is 1. The van der Waals surface area contributed by atoms with E-state index in [0.29, 0.717) is 24.5 Å². The molecular weight excluding hydrogens is 732 g/mol. The van der Waals surface area contributed by atoms with Crippen LogP contribution in [0.4, 0.5) is 30.2 Å². The average molecular weight is 776 g/mol. The van der Waals surface area contributed by atoms with Crippen LogP contribution in [0, 0.1) is 0 Å². The molecule has 294 valence electrons. The number of morpholine rings is 1. The molecule has 12 heteroatoms. The van der Waals surface area contributed by atoms with E-state index < -0.39 is 23.8 Å². The Morgan fingerprint density at radius 1 is 0.772 bits per heavy atom. The highest BCUT2D eigenvalue weighted by atomic mass is 19.4. The van der Waals surface area contributed by atoms with E-state index in [1.807, 2.05) is 109 Å². The van der Waals surface area contributed by atoms with E-state index in [0.717, 1.165) is 53.4 Å². The number of carbonyl (C=O) groups is 3. The monoisotopic (exact) mass is 775 g/mol. The number of alkyl halides is 3. The van der Waals surface area contributed by atoms with Crippen LogP contribution in [-0.2, 0) is 44.8 Å². The van der Waals surface area contributed by atoms with Crippen LogP contribution >= 0.6 is 0 Å². The van der Waals surface area contributed by atoms with Crippen molar-refractivity contribution in [3.05, 3.63) is 162 Å².